The molecule has 0 fully saturated rings. The van der Waals surface area contributed by atoms with Crippen molar-refractivity contribution in [3.63, 3.8) is 0 Å². The van der Waals surface area contributed by atoms with E-state index >= 15 is 0 Å². The van der Waals surface area contributed by atoms with Gasteiger partial charge in [0.15, 0.2) is 0 Å². The molecule has 0 atom stereocenters. The van der Waals surface area contributed by atoms with Crippen molar-refractivity contribution in [3.8, 4) is 5.75 Å². The lowest BCUT2D eigenvalue weighted by atomic mass is 10.2. The molecule has 3 rings (SSSR count). The van der Waals surface area contributed by atoms with Gasteiger partial charge in [0.2, 0.25) is 0 Å². The van der Waals surface area contributed by atoms with E-state index in [4.69, 9.17) is 27.9 Å². The van der Waals surface area contributed by atoms with Crippen molar-refractivity contribution in [2.75, 3.05) is 24.4 Å². The molecule has 3 aromatic rings. The lowest BCUT2D eigenvalue weighted by Gasteiger charge is -2.14. The second-order valence-corrected chi connectivity index (χ2v) is 7.10. The Bertz CT molecular complexity index is 1190. The molecule has 0 saturated heterocycles. The molecule has 1 heterocycles. The third-order valence-electron chi connectivity index (χ3n) is 4.24. The van der Waals surface area contributed by atoms with Gasteiger partial charge in [-0.3, -0.25) is 19.8 Å². The highest BCUT2D eigenvalue weighted by Crippen LogP contribution is 2.29. The van der Waals surface area contributed by atoms with E-state index in [9.17, 15) is 14.4 Å². The maximum Gasteiger partial charge on any atom is 0.328 e. The van der Waals surface area contributed by atoms with E-state index in [0.717, 1.165) is 0 Å². The highest BCUT2D eigenvalue weighted by atomic mass is 35.5. The van der Waals surface area contributed by atoms with Gasteiger partial charge in [0.05, 0.1) is 17.2 Å². The number of rotatable bonds is 6. The molecular weight excluding hydrogens is 443 g/mol. The molecule has 0 bridgehead atoms. The molecule has 10 heteroatoms. The minimum absolute atomic E-state index is 0.0652. The molecule has 8 nitrogen and oxygen atoms in total. The highest BCUT2D eigenvalue weighted by Gasteiger charge is 2.22. The van der Waals surface area contributed by atoms with Gasteiger partial charge in [0, 0.05) is 17.6 Å². The number of para-hydroxylation sites is 1. The van der Waals surface area contributed by atoms with Crippen molar-refractivity contribution in [3.05, 3.63) is 70.9 Å². The average Bonchev–Trinajstić information content (AvgIpc) is 3.13. The summed E-state index contributed by atoms with van der Waals surface area (Å²) in [6, 6.07) is 11.3. The van der Waals surface area contributed by atoms with Crippen LogP contribution in [0.2, 0.25) is 10.0 Å². The Morgan fingerprint density at radius 1 is 1.10 bits per heavy atom. The summed E-state index contributed by atoms with van der Waals surface area (Å²) in [5.41, 5.74) is 3.33. The van der Waals surface area contributed by atoms with Gasteiger partial charge in [-0.05, 0) is 30.3 Å². The second kappa shape index (κ2) is 9.55. The highest BCUT2D eigenvalue weighted by molar-refractivity contribution is 6.42. The third-order valence-corrected chi connectivity index (χ3v) is 4.98. The first-order chi connectivity index (χ1) is 14.8. The van der Waals surface area contributed by atoms with Gasteiger partial charge >= 0.3 is 11.8 Å². The smallest absolute Gasteiger partial charge is 0.328 e. The number of benzene rings is 2. The van der Waals surface area contributed by atoms with E-state index in [-0.39, 0.29) is 17.3 Å². The van der Waals surface area contributed by atoms with Gasteiger partial charge in [-0.2, -0.15) is 0 Å². The Labute approximate surface area is 187 Å². The second-order valence-electron chi connectivity index (χ2n) is 6.29. The minimum Gasteiger partial charge on any atom is -0.494 e. The van der Waals surface area contributed by atoms with Crippen LogP contribution in [-0.4, -0.2) is 36.1 Å². The number of aromatic nitrogens is 1. The molecule has 0 aliphatic rings. The molecule has 3 amide bonds. The van der Waals surface area contributed by atoms with E-state index in [2.05, 4.69) is 22.6 Å². The predicted octanol–water partition coefficient (Wildman–Crippen LogP) is 3.58. The summed E-state index contributed by atoms with van der Waals surface area (Å²) in [6.45, 7) is 3.60. The Balaban J connectivity index is 2.01. The van der Waals surface area contributed by atoms with Crippen molar-refractivity contribution in [1.82, 2.24) is 9.99 Å². The van der Waals surface area contributed by atoms with Gasteiger partial charge in [0.25, 0.3) is 5.91 Å². The molecule has 0 unspecified atom stereocenters. The number of halogens is 2. The number of ether oxygens (including phenoxy) is 1. The SMILES string of the molecule is C=CCNC(=O)C(=O)Nn1c(C(=O)Nc2ccc(Cl)c(Cl)c2)cc2cccc(OC)c21. The fraction of sp³-hybridized carbons (Fsp3) is 0.0952. The molecule has 0 radical (unpaired) electrons. The zero-order valence-electron chi connectivity index (χ0n) is 16.4. The summed E-state index contributed by atoms with van der Waals surface area (Å²) in [4.78, 5) is 37.4. The van der Waals surface area contributed by atoms with Crippen LogP contribution in [-0.2, 0) is 9.59 Å². The molecule has 0 aliphatic carbocycles. The zero-order valence-corrected chi connectivity index (χ0v) is 17.9. The molecular formula is C21H18Cl2N4O4. The van der Waals surface area contributed by atoms with Gasteiger partial charge < -0.3 is 15.4 Å². The van der Waals surface area contributed by atoms with Crippen LogP contribution in [0.25, 0.3) is 10.9 Å². The number of hydrogen-bond acceptors (Lipinski definition) is 4. The van der Waals surface area contributed by atoms with E-state index < -0.39 is 17.7 Å². The van der Waals surface area contributed by atoms with Crippen molar-refractivity contribution in [1.29, 1.82) is 0 Å². The minimum atomic E-state index is -0.964. The Morgan fingerprint density at radius 2 is 1.87 bits per heavy atom. The van der Waals surface area contributed by atoms with Crippen LogP contribution in [0.5, 0.6) is 5.75 Å². The monoisotopic (exact) mass is 460 g/mol. The Morgan fingerprint density at radius 3 is 2.55 bits per heavy atom. The average molecular weight is 461 g/mol. The third kappa shape index (κ3) is 4.82. The first-order valence-electron chi connectivity index (χ1n) is 9.00. The summed E-state index contributed by atoms with van der Waals surface area (Å²) in [6.07, 6.45) is 1.44. The Hall–Kier alpha value is -3.49. The number of carbonyl (C=O) groups is 3. The number of fused-ring (bicyclic) bond motifs is 1. The standard InChI is InChI=1S/C21H18Cl2N4O4/c1-3-9-24-20(29)21(30)26-27-16(10-12-5-4-6-17(31-2)18(12)27)19(28)25-13-7-8-14(22)15(23)11-13/h3-8,10-11H,1,9H2,2H3,(H,24,29)(H,25,28)(H,26,30). The topological polar surface area (TPSA) is 101 Å². The maximum atomic E-state index is 13.0. The number of methoxy groups -OCH3 is 1. The fourth-order valence-electron chi connectivity index (χ4n) is 2.84. The summed E-state index contributed by atoms with van der Waals surface area (Å²) in [5.74, 6) is -2.00. The van der Waals surface area contributed by atoms with Crippen molar-refractivity contribution in [2.24, 2.45) is 0 Å². The molecule has 31 heavy (non-hydrogen) atoms. The van der Waals surface area contributed by atoms with Crippen molar-refractivity contribution >= 4 is 57.5 Å². The number of amides is 3. The molecule has 3 N–H and O–H groups in total. The molecule has 0 saturated carbocycles. The van der Waals surface area contributed by atoms with Crippen LogP contribution < -0.4 is 20.8 Å². The van der Waals surface area contributed by atoms with Crippen LogP contribution in [0.4, 0.5) is 5.69 Å². The fourth-order valence-corrected chi connectivity index (χ4v) is 3.14. The first kappa shape index (κ1) is 22.2. The molecule has 1 aromatic heterocycles. The summed E-state index contributed by atoms with van der Waals surface area (Å²) in [5, 5.41) is 6.31. The molecule has 160 valence electrons. The lowest BCUT2D eigenvalue weighted by molar-refractivity contribution is -0.136. The Kier molecular flexibility index (Phi) is 6.84. The van der Waals surface area contributed by atoms with Gasteiger partial charge in [-0.1, -0.05) is 41.4 Å². The normalized spacial score (nSPS) is 10.4. The molecule has 0 aliphatic heterocycles. The van der Waals surface area contributed by atoms with E-state index in [0.29, 0.717) is 27.4 Å². The van der Waals surface area contributed by atoms with Crippen LogP contribution in [0.3, 0.4) is 0 Å². The first-order valence-corrected chi connectivity index (χ1v) is 9.76. The van der Waals surface area contributed by atoms with Crippen LogP contribution in [0.1, 0.15) is 10.5 Å². The summed E-state index contributed by atoms with van der Waals surface area (Å²) in [7, 11) is 1.46. The van der Waals surface area contributed by atoms with Crippen molar-refractivity contribution in [2.45, 2.75) is 0 Å². The zero-order chi connectivity index (χ0) is 22.5. The number of hydrogen-bond donors (Lipinski definition) is 3. The summed E-state index contributed by atoms with van der Waals surface area (Å²) >= 11 is 11.9. The number of nitrogens with zero attached hydrogens (tertiary/aromatic N) is 1. The van der Waals surface area contributed by atoms with Gasteiger partial charge in [-0.25, -0.2) is 4.68 Å². The number of nitrogens with one attached hydrogen (secondary N) is 3. The maximum absolute atomic E-state index is 13.0. The number of carbonyl (C=O) groups excluding carboxylic acids is 3. The largest absolute Gasteiger partial charge is 0.494 e. The van der Waals surface area contributed by atoms with Gasteiger partial charge in [-0.15, -0.1) is 6.58 Å². The predicted molar refractivity (Wildman–Crippen MR) is 120 cm³/mol. The van der Waals surface area contributed by atoms with Crippen LogP contribution in [0, 0.1) is 0 Å². The van der Waals surface area contributed by atoms with Crippen molar-refractivity contribution < 1.29 is 19.1 Å². The van der Waals surface area contributed by atoms with Gasteiger partial charge in [0.1, 0.15) is 17.0 Å². The number of anilines is 1. The lowest BCUT2D eigenvalue weighted by Crippen LogP contribution is -2.39. The molecule has 0 spiro atoms. The van der Waals surface area contributed by atoms with Crippen LogP contribution >= 0.6 is 23.2 Å². The summed E-state index contributed by atoms with van der Waals surface area (Å²) < 4.78 is 6.57. The quantitative estimate of drug-likeness (QED) is 0.386. The van der Waals surface area contributed by atoms with E-state index in [1.165, 1.54) is 23.9 Å². The van der Waals surface area contributed by atoms with Crippen LogP contribution in [0.15, 0.2) is 55.1 Å². The van der Waals surface area contributed by atoms with E-state index in [1.54, 1.807) is 36.4 Å². The molecule has 2 aromatic carbocycles. The van der Waals surface area contributed by atoms with E-state index in [1.807, 2.05) is 0 Å².